The molecule has 1 rings (SSSR count). The molecule has 0 saturated heterocycles. The summed E-state index contributed by atoms with van der Waals surface area (Å²) in [6.45, 7) is 3.62. The van der Waals surface area contributed by atoms with Crippen LogP contribution in [0.15, 0.2) is 18.2 Å². The minimum Gasteiger partial charge on any atom is -0.250 e. The number of benzene rings is 1. The highest BCUT2D eigenvalue weighted by atomic mass is 35.5. The zero-order chi connectivity index (χ0) is 10.6. The van der Waals surface area contributed by atoms with E-state index in [0.717, 1.165) is 29.0 Å². The first-order chi connectivity index (χ1) is 6.70. The Balaban J connectivity index is 3.00. The van der Waals surface area contributed by atoms with Crippen molar-refractivity contribution >= 4 is 11.6 Å². The van der Waals surface area contributed by atoms with Crippen molar-refractivity contribution in [1.29, 1.82) is 0 Å². The second kappa shape index (κ2) is 5.35. The molecule has 14 heavy (non-hydrogen) atoms. The van der Waals surface area contributed by atoms with E-state index in [-0.39, 0.29) is 12.6 Å². The molecular weight excluding hydrogens is 199 g/mol. The van der Waals surface area contributed by atoms with E-state index in [2.05, 4.69) is 6.92 Å². The highest BCUT2D eigenvalue weighted by Crippen LogP contribution is 2.28. The molecule has 0 radical (unpaired) electrons. The lowest BCUT2D eigenvalue weighted by Crippen LogP contribution is -1.98. The van der Waals surface area contributed by atoms with Gasteiger partial charge in [0.05, 0.1) is 6.67 Å². The van der Waals surface area contributed by atoms with E-state index in [4.69, 9.17) is 11.6 Å². The fourth-order valence-electron chi connectivity index (χ4n) is 1.53. The molecule has 0 aliphatic heterocycles. The highest BCUT2D eigenvalue weighted by Gasteiger charge is 2.11. The van der Waals surface area contributed by atoms with E-state index < -0.39 is 0 Å². The van der Waals surface area contributed by atoms with Crippen LogP contribution in [0.25, 0.3) is 0 Å². The third kappa shape index (κ3) is 2.48. The normalized spacial score (nSPS) is 12.9. The molecule has 0 N–H and O–H groups in total. The molecule has 0 aliphatic rings. The van der Waals surface area contributed by atoms with Gasteiger partial charge in [0.2, 0.25) is 0 Å². The number of rotatable bonds is 4. The zero-order valence-electron chi connectivity index (χ0n) is 8.69. The van der Waals surface area contributed by atoms with Gasteiger partial charge in [0.15, 0.2) is 0 Å². The number of hydrogen-bond donors (Lipinski definition) is 0. The summed E-state index contributed by atoms with van der Waals surface area (Å²) in [4.78, 5) is 0. The molecule has 1 aromatic carbocycles. The first-order valence-corrected chi connectivity index (χ1v) is 5.41. The Kier molecular flexibility index (Phi) is 4.40. The van der Waals surface area contributed by atoms with Gasteiger partial charge in [-0.3, -0.25) is 4.39 Å². The van der Waals surface area contributed by atoms with Gasteiger partial charge in [0.1, 0.15) is 0 Å². The summed E-state index contributed by atoms with van der Waals surface area (Å²) < 4.78 is 12.5. The lowest BCUT2D eigenvalue weighted by atomic mass is 9.98. The summed E-state index contributed by atoms with van der Waals surface area (Å²) in [6.07, 6.45) is 2.03. The number of hydrogen-bond acceptors (Lipinski definition) is 0. The van der Waals surface area contributed by atoms with Crippen LogP contribution in [0.4, 0.5) is 4.39 Å². The van der Waals surface area contributed by atoms with E-state index in [1.807, 2.05) is 25.1 Å². The molecule has 0 aliphatic carbocycles. The topological polar surface area (TPSA) is 0 Å². The van der Waals surface area contributed by atoms with E-state index in [0.29, 0.717) is 0 Å². The quantitative estimate of drug-likeness (QED) is 0.699. The predicted molar refractivity (Wildman–Crippen MR) is 59.8 cm³/mol. The van der Waals surface area contributed by atoms with Crippen molar-refractivity contribution in [2.24, 2.45) is 0 Å². The van der Waals surface area contributed by atoms with E-state index in [1.165, 1.54) is 0 Å². The van der Waals surface area contributed by atoms with Gasteiger partial charge in [-0.25, -0.2) is 0 Å². The van der Waals surface area contributed by atoms with Gasteiger partial charge < -0.3 is 0 Å². The van der Waals surface area contributed by atoms with Crippen LogP contribution < -0.4 is 0 Å². The molecule has 0 amide bonds. The maximum Gasteiger partial charge on any atom is 0.0960 e. The zero-order valence-corrected chi connectivity index (χ0v) is 9.44. The van der Waals surface area contributed by atoms with Gasteiger partial charge in [0.25, 0.3) is 0 Å². The van der Waals surface area contributed by atoms with Crippen molar-refractivity contribution in [3.05, 3.63) is 34.3 Å². The highest BCUT2D eigenvalue weighted by molar-refractivity contribution is 6.32. The van der Waals surface area contributed by atoms with Crippen LogP contribution in [0.2, 0.25) is 5.02 Å². The fraction of sp³-hybridized carbons (Fsp3) is 0.500. The Morgan fingerprint density at radius 2 is 2.14 bits per heavy atom. The van der Waals surface area contributed by atoms with E-state index >= 15 is 0 Å². The second-order valence-corrected chi connectivity index (χ2v) is 4.00. The van der Waals surface area contributed by atoms with Crippen LogP contribution in [-0.2, 0) is 6.42 Å². The summed E-state index contributed by atoms with van der Waals surface area (Å²) in [5.41, 5.74) is 2.06. The molecular formula is C12H16ClF. The average Bonchev–Trinajstić information content (AvgIpc) is 2.20. The van der Waals surface area contributed by atoms with E-state index in [9.17, 15) is 4.39 Å². The minimum absolute atomic E-state index is 0.0979. The van der Waals surface area contributed by atoms with Crippen LogP contribution in [-0.4, -0.2) is 6.67 Å². The Bertz CT molecular complexity index is 296. The Morgan fingerprint density at radius 3 is 2.71 bits per heavy atom. The van der Waals surface area contributed by atoms with Crippen LogP contribution in [0.5, 0.6) is 0 Å². The smallest absolute Gasteiger partial charge is 0.0960 e. The molecule has 0 fully saturated rings. The van der Waals surface area contributed by atoms with Crippen LogP contribution in [0.1, 0.15) is 37.3 Å². The molecule has 1 atom stereocenters. The third-order valence-electron chi connectivity index (χ3n) is 2.39. The molecule has 1 unspecified atom stereocenters. The van der Waals surface area contributed by atoms with Crippen LogP contribution >= 0.6 is 11.6 Å². The summed E-state index contributed by atoms with van der Waals surface area (Å²) >= 11 is 6.19. The van der Waals surface area contributed by atoms with Gasteiger partial charge >= 0.3 is 0 Å². The maximum atomic E-state index is 12.5. The summed E-state index contributed by atoms with van der Waals surface area (Å²) in [6, 6.07) is 5.88. The van der Waals surface area contributed by atoms with Crippen molar-refractivity contribution in [3.8, 4) is 0 Å². The van der Waals surface area contributed by atoms with Crippen LogP contribution in [0.3, 0.4) is 0 Å². The number of halogens is 2. The first-order valence-electron chi connectivity index (χ1n) is 5.04. The Labute approximate surface area is 90.1 Å². The lowest BCUT2D eigenvalue weighted by Gasteiger charge is -2.12. The number of alkyl halides is 1. The molecule has 2 heteroatoms. The predicted octanol–water partition coefficient (Wildman–Crippen LogP) is 4.37. The average molecular weight is 215 g/mol. The molecule has 0 saturated carbocycles. The fourth-order valence-corrected chi connectivity index (χ4v) is 1.93. The van der Waals surface area contributed by atoms with E-state index in [1.54, 1.807) is 0 Å². The molecule has 1 aromatic rings. The summed E-state index contributed by atoms with van der Waals surface area (Å²) in [7, 11) is 0. The molecule has 0 spiro atoms. The standard InChI is InChI=1S/C12H16ClF/c1-3-5-10-6-4-7-11(12(10)13)9(2)8-14/h4,6-7,9H,3,5,8H2,1-2H3. The van der Waals surface area contributed by atoms with Crippen molar-refractivity contribution in [2.75, 3.05) is 6.67 Å². The monoisotopic (exact) mass is 214 g/mol. The van der Waals surface area contributed by atoms with Gasteiger partial charge in [-0.2, -0.15) is 0 Å². The van der Waals surface area contributed by atoms with Crippen molar-refractivity contribution in [3.63, 3.8) is 0 Å². The largest absolute Gasteiger partial charge is 0.250 e. The summed E-state index contributed by atoms with van der Waals surface area (Å²) in [5.74, 6) is -0.0979. The Hall–Kier alpha value is -0.560. The molecule has 0 bridgehead atoms. The Morgan fingerprint density at radius 1 is 1.43 bits per heavy atom. The number of aryl methyl sites for hydroxylation is 1. The summed E-state index contributed by atoms with van der Waals surface area (Å²) in [5, 5.41) is 0.750. The molecule has 0 nitrogen and oxygen atoms in total. The van der Waals surface area contributed by atoms with Gasteiger partial charge in [-0.1, -0.05) is 50.1 Å². The molecule has 0 aromatic heterocycles. The van der Waals surface area contributed by atoms with Gasteiger partial charge in [0, 0.05) is 10.9 Å². The lowest BCUT2D eigenvalue weighted by molar-refractivity contribution is 0.447. The van der Waals surface area contributed by atoms with Crippen molar-refractivity contribution < 1.29 is 4.39 Å². The van der Waals surface area contributed by atoms with Crippen molar-refractivity contribution in [2.45, 2.75) is 32.6 Å². The van der Waals surface area contributed by atoms with Crippen molar-refractivity contribution in [1.82, 2.24) is 0 Å². The molecule has 78 valence electrons. The first kappa shape index (κ1) is 11.5. The molecule has 0 heterocycles. The second-order valence-electron chi connectivity index (χ2n) is 3.63. The SMILES string of the molecule is CCCc1cccc(C(C)CF)c1Cl. The van der Waals surface area contributed by atoms with Gasteiger partial charge in [-0.15, -0.1) is 0 Å². The van der Waals surface area contributed by atoms with Crippen LogP contribution in [0, 0.1) is 0 Å². The third-order valence-corrected chi connectivity index (χ3v) is 2.85. The van der Waals surface area contributed by atoms with Gasteiger partial charge in [-0.05, 0) is 17.5 Å². The minimum atomic E-state index is -0.352. The maximum absolute atomic E-state index is 12.5.